The zero-order valence-electron chi connectivity index (χ0n) is 13.9. The minimum atomic E-state index is -0.779. The Morgan fingerprint density at radius 1 is 1.00 bits per heavy atom. The number of rotatable bonds is 5. The first-order valence-electron chi connectivity index (χ1n) is 8.43. The molecule has 130 valence electrons. The lowest BCUT2D eigenvalue weighted by atomic mass is 9.96. The fourth-order valence-electron chi connectivity index (χ4n) is 3.00. The van der Waals surface area contributed by atoms with Crippen LogP contribution in [0.4, 0.5) is 0 Å². The number of hydrogen-bond donors (Lipinski definition) is 1. The Morgan fingerprint density at radius 3 is 2.32 bits per heavy atom. The van der Waals surface area contributed by atoms with E-state index in [0.29, 0.717) is 43.9 Å². The number of aliphatic carboxylic acids is 1. The summed E-state index contributed by atoms with van der Waals surface area (Å²) in [5, 5.41) is 9.08. The molecule has 1 aliphatic heterocycles. The Labute approximate surface area is 146 Å². The summed E-state index contributed by atoms with van der Waals surface area (Å²) in [6, 6.07) is 17.0. The van der Waals surface area contributed by atoms with E-state index in [0.717, 1.165) is 5.56 Å². The molecular formula is C20H21NO4. The summed E-state index contributed by atoms with van der Waals surface area (Å²) < 4.78 is 5.85. The number of para-hydroxylation sites is 1. The Hall–Kier alpha value is -2.82. The molecule has 1 amide bonds. The van der Waals surface area contributed by atoms with Gasteiger partial charge in [-0.25, -0.2) is 0 Å². The number of amides is 1. The third-order valence-electron chi connectivity index (χ3n) is 4.49. The average Bonchev–Trinajstić information content (AvgIpc) is 2.67. The molecule has 1 saturated heterocycles. The highest BCUT2D eigenvalue weighted by atomic mass is 16.5. The van der Waals surface area contributed by atoms with Crippen LogP contribution in [-0.4, -0.2) is 35.0 Å². The number of carbonyl (C=O) groups excluding carboxylic acids is 1. The molecule has 1 aliphatic rings. The maximum atomic E-state index is 12.8. The molecule has 0 aromatic heterocycles. The summed E-state index contributed by atoms with van der Waals surface area (Å²) in [6.07, 6.45) is 0.988. The number of ether oxygens (including phenoxy) is 1. The summed E-state index contributed by atoms with van der Waals surface area (Å²) in [4.78, 5) is 25.6. The lowest BCUT2D eigenvalue weighted by molar-refractivity contribution is -0.143. The second-order valence-corrected chi connectivity index (χ2v) is 6.18. The Bertz CT molecular complexity index is 736. The molecule has 0 saturated carbocycles. The van der Waals surface area contributed by atoms with Gasteiger partial charge in [-0.1, -0.05) is 42.5 Å². The monoisotopic (exact) mass is 339 g/mol. The molecule has 25 heavy (non-hydrogen) atoms. The van der Waals surface area contributed by atoms with E-state index in [1.54, 1.807) is 17.0 Å². The molecule has 0 bridgehead atoms. The first-order valence-corrected chi connectivity index (χ1v) is 8.43. The number of benzene rings is 2. The summed E-state index contributed by atoms with van der Waals surface area (Å²) in [6.45, 7) is 1.32. The van der Waals surface area contributed by atoms with Crippen LogP contribution in [-0.2, 0) is 11.4 Å². The molecule has 0 spiro atoms. The van der Waals surface area contributed by atoms with Crippen LogP contribution in [0.3, 0.4) is 0 Å². The molecular weight excluding hydrogens is 318 g/mol. The van der Waals surface area contributed by atoms with Crippen molar-refractivity contribution in [3.05, 3.63) is 65.7 Å². The van der Waals surface area contributed by atoms with Crippen molar-refractivity contribution in [2.75, 3.05) is 13.1 Å². The van der Waals surface area contributed by atoms with Crippen molar-refractivity contribution in [1.29, 1.82) is 0 Å². The standard InChI is InChI=1S/C20H21NO4/c22-19(21-12-10-16(11-13-21)20(23)24)17-8-4-5-9-18(17)25-14-15-6-2-1-3-7-15/h1-9,16H,10-14H2,(H,23,24). The highest BCUT2D eigenvalue weighted by molar-refractivity contribution is 5.97. The predicted octanol–water partition coefficient (Wildman–Crippen LogP) is 3.20. The van der Waals surface area contributed by atoms with Crippen LogP contribution in [0.1, 0.15) is 28.8 Å². The van der Waals surface area contributed by atoms with E-state index in [9.17, 15) is 9.59 Å². The lowest BCUT2D eigenvalue weighted by Crippen LogP contribution is -2.40. The number of likely N-dealkylation sites (tertiary alicyclic amines) is 1. The molecule has 0 atom stereocenters. The number of carboxylic acids is 1. The second kappa shape index (κ2) is 7.83. The van der Waals surface area contributed by atoms with Gasteiger partial charge in [-0.15, -0.1) is 0 Å². The van der Waals surface area contributed by atoms with Gasteiger partial charge < -0.3 is 14.7 Å². The maximum Gasteiger partial charge on any atom is 0.306 e. The van der Waals surface area contributed by atoms with E-state index in [1.165, 1.54) is 0 Å². The van der Waals surface area contributed by atoms with E-state index in [2.05, 4.69) is 0 Å². The van der Waals surface area contributed by atoms with Crippen molar-refractivity contribution in [3.8, 4) is 5.75 Å². The zero-order chi connectivity index (χ0) is 17.6. The van der Waals surface area contributed by atoms with Crippen LogP contribution in [0.15, 0.2) is 54.6 Å². The summed E-state index contributed by atoms with van der Waals surface area (Å²) in [5.74, 6) is -0.684. The van der Waals surface area contributed by atoms with Gasteiger partial charge in [-0.05, 0) is 30.5 Å². The van der Waals surface area contributed by atoms with Gasteiger partial charge in [0.25, 0.3) is 5.91 Å². The van der Waals surface area contributed by atoms with Gasteiger partial charge in [0.1, 0.15) is 12.4 Å². The second-order valence-electron chi connectivity index (χ2n) is 6.18. The first-order chi connectivity index (χ1) is 12.1. The van der Waals surface area contributed by atoms with Crippen LogP contribution in [0, 0.1) is 5.92 Å². The number of hydrogen-bond acceptors (Lipinski definition) is 3. The van der Waals surface area contributed by atoms with E-state index in [-0.39, 0.29) is 11.8 Å². The van der Waals surface area contributed by atoms with Crippen molar-refractivity contribution >= 4 is 11.9 Å². The Kier molecular flexibility index (Phi) is 5.33. The van der Waals surface area contributed by atoms with Gasteiger partial charge >= 0.3 is 5.97 Å². The van der Waals surface area contributed by atoms with Crippen LogP contribution in [0.5, 0.6) is 5.75 Å². The fourth-order valence-corrected chi connectivity index (χ4v) is 3.00. The van der Waals surface area contributed by atoms with Crippen LogP contribution >= 0.6 is 0 Å². The molecule has 1 fully saturated rings. The largest absolute Gasteiger partial charge is 0.488 e. The molecule has 2 aromatic carbocycles. The Balaban J connectivity index is 1.68. The highest BCUT2D eigenvalue weighted by Gasteiger charge is 2.28. The average molecular weight is 339 g/mol. The van der Waals surface area contributed by atoms with Crippen molar-refractivity contribution in [3.63, 3.8) is 0 Å². The minimum absolute atomic E-state index is 0.104. The summed E-state index contributed by atoms with van der Waals surface area (Å²) in [5.41, 5.74) is 1.55. The molecule has 5 heteroatoms. The zero-order valence-corrected chi connectivity index (χ0v) is 13.9. The van der Waals surface area contributed by atoms with Gasteiger partial charge in [-0.3, -0.25) is 9.59 Å². The Morgan fingerprint density at radius 2 is 1.64 bits per heavy atom. The molecule has 1 heterocycles. The van der Waals surface area contributed by atoms with E-state index in [4.69, 9.17) is 9.84 Å². The van der Waals surface area contributed by atoms with E-state index < -0.39 is 5.97 Å². The van der Waals surface area contributed by atoms with Gasteiger partial charge in [0.05, 0.1) is 11.5 Å². The van der Waals surface area contributed by atoms with Crippen molar-refractivity contribution in [2.45, 2.75) is 19.4 Å². The van der Waals surface area contributed by atoms with Crippen molar-refractivity contribution < 1.29 is 19.4 Å². The van der Waals surface area contributed by atoms with Gasteiger partial charge in [0.2, 0.25) is 0 Å². The topological polar surface area (TPSA) is 66.8 Å². The first kappa shape index (κ1) is 17.0. The third kappa shape index (κ3) is 4.18. The quantitative estimate of drug-likeness (QED) is 0.908. The van der Waals surface area contributed by atoms with Crippen LogP contribution in [0.25, 0.3) is 0 Å². The number of nitrogens with zero attached hydrogens (tertiary/aromatic N) is 1. The van der Waals surface area contributed by atoms with E-state index >= 15 is 0 Å². The summed E-state index contributed by atoms with van der Waals surface area (Å²) in [7, 11) is 0. The molecule has 5 nitrogen and oxygen atoms in total. The lowest BCUT2D eigenvalue weighted by Gasteiger charge is -2.30. The van der Waals surface area contributed by atoms with Crippen LogP contribution in [0.2, 0.25) is 0 Å². The summed E-state index contributed by atoms with van der Waals surface area (Å²) >= 11 is 0. The maximum absolute atomic E-state index is 12.8. The number of carbonyl (C=O) groups is 2. The van der Waals surface area contributed by atoms with Crippen molar-refractivity contribution in [1.82, 2.24) is 4.90 Å². The van der Waals surface area contributed by atoms with Gasteiger partial charge in [0.15, 0.2) is 0 Å². The predicted molar refractivity (Wildman–Crippen MR) is 93.5 cm³/mol. The third-order valence-corrected chi connectivity index (χ3v) is 4.49. The number of carboxylic acid groups (broad SMARTS) is 1. The SMILES string of the molecule is O=C(O)C1CCN(C(=O)c2ccccc2OCc2ccccc2)CC1. The van der Waals surface area contributed by atoms with E-state index in [1.807, 2.05) is 42.5 Å². The van der Waals surface area contributed by atoms with Gasteiger partial charge in [0, 0.05) is 13.1 Å². The number of piperidine rings is 1. The fraction of sp³-hybridized carbons (Fsp3) is 0.300. The molecule has 2 aromatic rings. The smallest absolute Gasteiger partial charge is 0.306 e. The minimum Gasteiger partial charge on any atom is -0.488 e. The molecule has 0 radical (unpaired) electrons. The molecule has 3 rings (SSSR count). The van der Waals surface area contributed by atoms with Crippen LogP contribution < -0.4 is 4.74 Å². The normalized spacial score (nSPS) is 15.0. The molecule has 0 unspecified atom stereocenters. The molecule has 1 N–H and O–H groups in total. The highest BCUT2D eigenvalue weighted by Crippen LogP contribution is 2.24. The van der Waals surface area contributed by atoms with Crippen molar-refractivity contribution in [2.24, 2.45) is 5.92 Å². The molecule has 0 aliphatic carbocycles. The van der Waals surface area contributed by atoms with Gasteiger partial charge in [-0.2, -0.15) is 0 Å².